The number of esters is 1. The minimum Gasteiger partial charge on any atom is -0.508 e. The Hall–Kier alpha value is -2.14. The lowest BCUT2D eigenvalue weighted by atomic mass is 9.84. The van der Waals surface area contributed by atoms with Crippen LogP contribution in [0.4, 0.5) is 0 Å². The van der Waals surface area contributed by atoms with Crippen molar-refractivity contribution in [3.8, 4) is 11.5 Å². The first-order chi connectivity index (χ1) is 22.5. The molecule has 0 heterocycles. The van der Waals surface area contributed by atoms with Crippen molar-refractivity contribution in [3.05, 3.63) is 47.5 Å². The maximum absolute atomic E-state index is 10.9. The number of rotatable bonds is 18. The van der Waals surface area contributed by atoms with Gasteiger partial charge in [-0.2, -0.15) is 0 Å². The summed E-state index contributed by atoms with van der Waals surface area (Å²) in [5.74, 6) is 1.80. The summed E-state index contributed by atoms with van der Waals surface area (Å²) in [6.07, 6.45) is 30.7. The maximum atomic E-state index is 10.9. The van der Waals surface area contributed by atoms with Crippen LogP contribution in [0.25, 0.3) is 0 Å². The summed E-state index contributed by atoms with van der Waals surface area (Å²) < 4.78 is 4.62. The topological polar surface area (TPSA) is 66.8 Å². The van der Waals surface area contributed by atoms with Gasteiger partial charge in [-0.1, -0.05) is 134 Å². The average molecular weight is 653 g/mol. The molecule has 5 heteroatoms. The van der Waals surface area contributed by atoms with Crippen LogP contribution in [-0.4, -0.2) is 23.3 Å². The molecule has 2 aromatic carbocycles. The third-order valence-electron chi connectivity index (χ3n) is 10.0. The van der Waals surface area contributed by atoms with E-state index in [-0.39, 0.29) is 5.97 Å². The van der Waals surface area contributed by atoms with Crippen LogP contribution in [0.2, 0.25) is 0 Å². The van der Waals surface area contributed by atoms with Gasteiger partial charge >= 0.3 is 5.97 Å². The highest BCUT2D eigenvalue weighted by Gasteiger charge is 2.23. The molecule has 4 rings (SSSR count). The second-order valence-corrected chi connectivity index (χ2v) is 14.9. The van der Waals surface area contributed by atoms with E-state index in [1.165, 1.54) is 169 Å². The van der Waals surface area contributed by atoms with Crippen LogP contribution in [0.3, 0.4) is 0 Å². The lowest BCUT2D eigenvalue weighted by Gasteiger charge is -2.26. The van der Waals surface area contributed by atoms with Gasteiger partial charge in [-0.25, -0.2) is 0 Å². The van der Waals surface area contributed by atoms with Crippen LogP contribution in [0.5, 0.6) is 11.5 Å². The van der Waals surface area contributed by atoms with Gasteiger partial charge in [0, 0.05) is 16.2 Å². The molecule has 2 aliphatic rings. The second kappa shape index (κ2) is 23.2. The summed E-state index contributed by atoms with van der Waals surface area (Å²) in [5, 5.41) is 20.2. The van der Waals surface area contributed by atoms with Crippen LogP contribution in [-0.2, 0) is 9.53 Å². The summed E-state index contributed by atoms with van der Waals surface area (Å²) in [5.41, 5.74) is 2.62. The number of carbonyl (C=O) groups excluding carboxylic acids is 1. The molecule has 2 aliphatic carbocycles. The van der Waals surface area contributed by atoms with Crippen LogP contribution in [0, 0.1) is 0 Å². The van der Waals surface area contributed by atoms with Gasteiger partial charge in [0.25, 0.3) is 0 Å². The number of carbonyl (C=O) groups is 1. The molecule has 4 nitrogen and oxygen atoms in total. The van der Waals surface area contributed by atoms with Crippen molar-refractivity contribution >= 4 is 17.7 Å². The standard InChI is InChI=1S/C24H30O2S.C17H34O2/c25-19-11-13-23(21(15-19)17-7-3-1-4-8-17)27-24-14-12-20(26)16-22(24)18-9-5-2-6-10-18;1-3-4-5-6-7-8-9-10-11-12-13-14-15-16-17(18)19-2/h11-18,25-26H,1-10H2;3-16H2,1-2H3. The minimum atomic E-state index is -0.0666. The van der Waals surface area contributed by atoms with Gasteiger partial charge in [-0.3, -0.25) is 4.79 Å². The molecule has 0 saturated heterocycles. The summed E-state index contributed by atoms with van der Waals surface area (Å²) in [6.45, 7) is 2.27. The zero-order chi connectivity index (χ0) is 32.8. The smallest absolute Gasteiger partial charge is 0.305 e. The zero-order valence-electron chi connectivity index (χ0n) is 29.2. The van der Waals surface area contributed by atoms with Crippen LogP contribution in [0.15, 0.2) is 46.2 Å². The van der Waals surface area contributed by atoms with E-state index in [1.54, 1.807) is 0 Å². The molecule has 0 atom stereocenters. The molecule has 0 aromatic heterocycles. The Bertz CT molecular complexity index is 1040. The Labute approximate surface area is 285 Å². The van der Waals surface area contributed by atoms with E-state index in [0.29, 0.717) is 29.8 Å². The molecule has 2 saturated carbocycles. The lowest BCUT2D eigenvalue weighted by molar-refractivity contribution is -0.140. The molecular formula is C41H64O4S. The summed E-state index contributed by atoms with van der Waals surface area (Å²) >= 11 is 1.82. The Balaban J connectivity index is 0.000000269. The normalized spacial score (nSPS) is 15.7. The number of hydrogen-bond acceptors (Lipinski definition) is 5. The quantitative estimate of drug-likeness (QED) is 0.124. The van der Waals surface area contributed by atoms with E-state index in [2.05, 4.69) is 23.8 Å². The molecule has 2 aromatic rings. The van der Waals surface area contributed by atoms with Gasteiger partial charge in [0.2, 0.25) is 0 Å². The van der Waals surface area contributed by atoms with Crippen molar-refractivity contribution in [1.29, 1.82) is 0 Å². The van der Waals surface area contributed by atoms with Crippen molar-refractivity contribution < 1.29 is 19.7 Å². The van der Waals surface area contributed by atoms with E-state index in [1.807, 2.05) is 36.0 Å². The van der Waals surface area contributed by atoms with Crippen LogP contribution in [0.1, 0.15) is 184 Å². The highest BCUT2D eigenvalue weighted by atomic mass is 32.2. The number of phenols is 2. The first kappa shape index (κ1) is 38.3. The van der Waals surface area contributed by atoms with Gasteiger partial charge in [-0.05, 0) is 91.5 Å². The first-order valence-electron chi connectivity index (χ1n) is 18.9. The molecule has 2 fully saturated rings. The Kier molecular flexibility index (Phi) is 19.3. The highest BCUT2D eigenvalue weighted by Crippen LogP contribution is 2.45. The number of benzene rings is 2. The number of ether oxygens (including phenoxy) is 1. The number of methoxy groups -OCH3 is 1. The molecule has 2 N–H and O–H groups in total. The monoisotopic (exact) mass is 652 g/mol. The molecular weight excluding hydrogens is 589 g/mol. The Morgan fingerprint density at radius 1 is 0.630 bits per heavy atom. The molecule has 0 bridgehead atoms. The largest absolute Gasteiger partial charge is 0.508 e. The second-order valence-electron chi connectivity index (χ2n) is 13.8. The van der Waals surface area contributed by atoms with E-state index < -0.39 is 0 Å². The van der Waals surface area contributed by atoms with E-state index in [4.69, 9.17) is 0 Å². The Morgan fingerprint density at radius 3 is 1.41 bits per heavy atom. The fourth-order valence-electron chi connectivity index (χ4n) is 7.23. The maximum Gasteiger partial charge on any atom is 0.305 e. The number of unbranched alkanes of at least 4 members (excludes halogenated alkanes) is 12. The van der Waals surface area contributed by atoms with E-state index in [0.717, 1.165) is 6.42 Å². The summed E-state index contributed by atoms with van der Waals surface area (Å²) in [4.78, 5) is 13.4. The number of aromatic hydroxyl groups is 2. The number of hydrogen-bond donors (Lipinski definition) is 2. The average Bonchev–Trinajstić information content (AvgIpc) is 3.09. The van der Waals surface area contributed by atoms with Crippen molar-refractivity contribution in [2.24, 2.45) is 0 Å². The molecule has 0 amide bonds. The van der Waals surface area contributed by atoms with Crippen molar-refractivity contribution in [3.63, 3.8) is 0 Å². The minimum absolute atomic E-state index is 0.0666. The van der Waals surface area contributed by atoms with Crippen molar-refractivity contribution in [2.75, 3.05) is 7.11 Å². The van der Waals surface area contributed by atoms with Crippen LogP contribution >= 0.6 is 11.8 Å². The van der Waals surface area contributed by atoms with Gasteiger partial charge in [0.05, 0.1) is 7.11 Å². The molecule has 46 heavy (non-hydrogen) atoms. The van der Waals surface area contributed by atoms with Gasteiger partial charge in [0.15, 0.2) is 0 Å². The molecule has 0 aliphatic heterocycles. The predicted octanol–water partition coefficient (Wildman–Crippen LogP) is 13.0. The van der Waals surface area contributed by atoms with Crippen LogP contribution < -0.4 is 0 Å². The number of phenolic OH excluding ortho intramolecular Hbond substituents is 2. The third kappa shape index (κ3) is 14.7. The first-order valence-corrected chi connectivity index (χ1v) is 19.7. The summed E-state index contributed by atoms with van der Waals surface area (Å²) in [6, 6.07) is 11.8. The molecule has 0 radical (unpaired) electrons. The predicted molar refractivity (Wildman–Crippen MR) is 194 cm³/mol. The third-order valence-corrected chi connectivity index (χ3v) is 11.2. The Morgan fingerprint density at radius 2 is 1.02 bits per heavy atom. The van der Waals surface area contributed by atoms with Crippen molar-refractivity contribution in [2.45, 2.75) is 183 Å². The van der Waals surface area contributed by atoms with Gasteiger partial charge in [0.1, 0.15) is 11.5 Å². The molecule has 0 spiro atoms. The highest BCUT2D eigenvalue weighted by molar-refractivity contribution is 7.99. The van der Waals surface area contributed by atoms with Gasteiger partial charge in [-0.15, -0.1) is 0 Å². The SMILES string of the molecule is CCCCCCCCCCCCCCCC(=O)OC.Oc1ccc(Sc2ccc(O)cc2C2CCCCC2)c(C2CCCCC2)c1. The fourth-order valence-corrected chi connectivity index (χ4v) is 8.43. The van der Waals surface area contributed by atoms with Crippen molar-refractivity contribution in [1.82, 2.24) is 0 Å². The fraction of sp³-hybridized carbons (Fsp3) is 0.683. The van der Waals surface area contributed by atoms with E-state index in [9.17, 15) is 15.0 Å². The zero-order valence-corrected chi connectivity index (χ0v) is 30.0. The molecule has 258 valence electrons. The summed E-state index contributed by atoms with van der Waals surface area (Å²) in [7, 11) is 1.46. The lowest BCUT2D eigenvalue weighted by Crippen LogP contribution is -2.07. The molecule has 0 unspecified atom stereocenters. The van der Waals surface area contributed by atoms with E-state index >= 15 is 0 Å². The van der Waals surface area contributed by atoms with Gasteiger partial charge < -0.3 is 14.9 Å².